The highest BCUT2D eigenvalue weighted by Gasteiger charge is 2.16. The number of piperidine rings is 1. The molecule has 0 saturated carbocycles. The van der Waals surface area contributed by atoms with Crippen LogP contribution in [0.1, 0.15) is 26.2 Å². The summed E-state index contributed by atoms with van der Waals surface area (Å²) in [5.74, 6) is 1.73. The van der Waals surface area contributed by atoms with E-state index in [1.807, 2.05) is 6.26 Å². The predicted octanol–water partition coefficient (Wildman–Crippen LogP) is 0.915. The van der Waals surface area contributed by atoms with Crippen LogP contribution in [-0.4, -0.2) is 55.0 Å². The minimum Gasteiger partial charge on any atom is -0.353 e. The number of rotatable bonds is 7. The second kappa shape index (κ2) is 8.77. The van der Waals surface area contributed by atoms with Gasteiger partial charge in [0.1, 0.15) is 0 Å². The van der Waals surface area contributed by atoms with E-state index >= 15 is 0 Å². The lowest BCUT2D eigenvalue weighted by atomic mass is 10.0. The van der Waals surface area contributed by atoms with Gasteiger partial charge in [0.05, 0.1) is 6.04 Å². The summed E-state index contributed by atoms with van der Waals surface area (Å²) in [4.78, 5) is 14.1. The maximum absolute atomic E-state index is 11.7. The van der Waals surface area contributed by atoms with E-state index < -0.39 is 0 Å². The van der Waals surface area contributed by atoms with Gasteiger partial charge in [-0.3, -0.25) is 4.79 Å². The Morgan fingerprint density at radius 3 is 3.06 bits per heavy atom. The molecule has 1 rings (SSSR count). The van der Waals surface area contributed by atoms with E-state index in [0.717, 1.165) is 37.7 Å². The van der Waals surface area contributed by atoms with Gasteiger partial charge in [0.25, 0.3) is 0 Å². The lowest BCUT2D eigenvalue weighted by Gasteiger charge is -2.30. The summed E-state index contributed by atoms with van der Waals surface area (Å²) < 4.78 is 0. The van der Waals surface area contributed by atoms with E-state index in [2.05, 4.69) is 17.1 Å². The van der Waals surface area contributed by atoms with Crippen molar-refractivity contribution < 1.29 is 4.79 Å². The number of amides is 1. The molecule has 0 aliphatic carbocycles. The molecule has 3 N–H and O–H groups in total. The number of hydrogen-bond donors (Lipinski definition) is 2. The van der Waals surface area contributed by atoms with Crippen LogP contribution in [0.15, 0.2) is 0 Å². The predicted molar refractivity (Wildman–Crippen MR) is 78.8 cm³/mol. The van der Waals surface area contributed by atoms with E-state index in [-0.39, 0.29) is 11.9 Å². The van der Waals surface area contributed by atoms with Gasteiger partial charge in [0.2, 0.25) is 5.91 Å². The summed E-state index contributed by atoms with van der Waals surface area (Å²) in [6.07, 6.45) is 5.40. The molecule has 1 fully saturated rings. The van der Waals surface area contributed by atoms with Gasteiger partial charge in [-0.2, -0.15) is 11.8 Å². The fourth-order valence-electron chi connectivity index (χ4n) is 2.33. The molecule has 1 aliphatic heterocycles. The van der Waals surface area contributed by atoms with E-state index in [1.165, 1.54) is 19.4 Å². The third-order valence-electron chi connectivity index (χ3n) is 3.44. The maximum Gasteiger partial charge on any atom is 0.236 e. The molecule has 0 aromatic rings. The Hall–Kier alpha value is -0.260. The molecule has 0 aromatic heterocycles. The molecule has 1 amide bonds. The average Bonchev–Trinajstić information content (AvgIpc) is 2.35. The molecule has 5 heteroatoms. The number of nitrogens with two attached hydrogens (primary N) is 1. The molecular weight excluding hydrogens is 246 g/mol. The van der Waals surface area contributed by atoms with Crippen LogP contribution in [0.3, 0.4) is 0 Å². The Labute approximate surface area is 115 Å². The topological polar surface area (TPSA) is 58.4 Å². The molecule has 2 atom stereocenters. The van der Waals surface area contributed by atoms with Gasteiger partial charge in [0, 0.05) is 19.6 Å². The first-order valence-corrected chi connectivity index (χ1v) is 8.27. The van der Waals surface area contributed by atoms with Crippen LogP contribution >= 0.6 is 11.8 Å². The normalized spacial score (nSPS) is 22.7. The van der Waals surface area contributed by atoms with Crippen LogP contribution in [0.4, 0.5) is 0 Å². The van der Waals surface area contributed by atoms with Crippen molar-refractivity contribution in [2.45, 2.75) is 32.2 Å². The summed E-state index contributed by atoms with van der Waals surface area (Å²) >= 11 is 1.73. The van der Waals surface area contributed by atoms with Gasteiger partial charge in [-0.25, -0.2) is 0 Å². The third-order valence-corrected chi connectivity index (χ3v) is 4.08. The molecule has 1 saturated heterocycles. The summed E-state index contributed by atoms with van der Waals surface area (Å²) in [5.41, 5.74) is 5.81. The average molecular weight is 273 g/mol. The Morgan fingerprint density at radius 2 is 2.39 bits per heavy atom. The molecule has 1 aliphatic rings. The van der Waals surface area contributed by atoms with Gasteiger partial charge in [-0.1, -0.05) is 6.92 Å². The fourth-order valence-corrected chi connectivity index (χ4v) is 2.82. The van der Waals surface area contributed by atoms with Gasteiger partial charge in [-0.15, -0.1) is 0 Å². The molecule has 4 nitrogen and oxygen atoms in total. The SMILES string of the molecule is CSCC[C@H](N)C(=O)NCCN1CCCC(C)C1. The Balaban J connectivity index is 2.11. The highest BCUT2D eigenvalue weighted by molar-refractivity contribution is 7.98. The number of likely N-dealkylation sites (tertiary alicyclic amines) is 1. The minimum absolute atomic E-state index is 0.00546. The molecule has 1 heterocycles. The van der Waals surface area contributed by atoms with E-state index in [1.54, 1.807) is 11.8 Å². The second-order valence-electron chi connectivity index (χ2n) is 5.23. The van der Waals surface area contributed by atoms with Gasteiger partial charge < -0.3 is 16.0 Å². The minimum atomic E-state index is -0.349. The standard InChI is InChI=1S/C13H27N3OS/c1-11-4-3-7-16(10-11)8-6-15-13(17)12(14)5-9-18-2/h11-12H,3-10,14H2,1-2H3,(H,15,17)/t11?,12-/m0/s1. The zero-order valence-corrected chi connectivity index (χ0v) is 12.5. The lowest BCUT2D eigenvalue weighted by Crippen LogP contribution is -2.45. The molecule has 0 radical (unpaired) electrons. The number of hydrogen-bond acceptors (Lipinski definition) is 4. The lowest BCUT2D eigenvalue weighted by molar-refractivity contribution is -0.122. The molecule has 1 unspecified atom stereocenters. The van der Waals surface area contributed by atoms with Crippen molar-refractivity contribution >= 4 is 17.7 Å². The van der Waals surface area contributed by atoms with E-state index in [0.29, 0.717) is 0 Å². The van der Waals surface area contributed by atoms with Crippen molar-refractivity contribution in [3.05, 3.63) is 0 Å². The van der Waals surface area contributed by atoms with Gasteiger partial charge >= 0.3 is 0 Å². The van der Waals surface area contributed by atoms with Crippen LogP contribution in [0.2, 0.25) is 0 Å². The number of carbonyl (C=O) groups is 1. The number of carbonyl (C=O) groups excluding carboxylic acids is 1. The first-order chi connectivity index (χ1) is 8.63. The highest BCUT2D eigenvalue weighted by Crippen LogP contribution is 2.14. The smallest absolute Gasteiger partial charge is 0.236 e. The number of nitrogens with one attached hydrogen (secondary N) is 1. The maximum atomic E-state index is 11.7. The first-order valence-electron chi connectivity index (χ1n) is 6.88. The summed E-state index contributed by atoms with van der Waals surface area (Å²) in [5, 5.41) is 2.94. The Morgan fingerprint density at radius 1 is 1.61 bits per heavy atom. The van der Waals surface area contributed by atoms with Crippen molar-refractivity contribution in [3.8, 4) is 0 Å². The molecule has 18 heavy (non-hydrogen) atoms. The van der Waals surface area contributed by atoms with Crippen LogP contribution in [0.25, 0.3) is 0 Å². The molecular formula is C13H27N3OS. The van der Waals surface area contributed by atoms with Crippen molar-refractivity contribution in [2.24, 2.45) is 11.7 Å². The zero-order valence-electron chi connectivity index (χ0n) is 11.7. The zero-order chi connectivity index (χ0) is 13.4. The van der Waals surface area contributed by atoms with Crippen LogP contribution in [0.5, 0.6) is 0 Å². The first kappa shape index (κ1) is 15.8. The van der Waals surface area contributed by atoms with Crippen molar-refractivity contribution in [2.75, 3.05) is 38.2 Å². The monoisotopic (exact) mass is 273 g/mol. The van der Waals surface area contributed by atoms with Crippen LogP contribution < -0.4 is 11.1 Å². The fraction of sp³-hybridized carbons (Fsp3) is 0.923. The quantitative estimate of drug-likeness (QED) is 0.724. The Kier molecular flexibility index (Phi) is 7.70. The summed E-state index contributed by atoms with van der Waals surface area (Å²) in [6.45, 7) is 6.29. The third kappa shape index (κ3) is 6.07. The van der Waals surface area contributed by atoms with Crippen molar-refractivity contribution in [3.63, 3.8) is 0 Å². The van der Waals surface area contributed by atoms with E-state index in [4.69, 9.17) is 5.73 Å². The molecule has 0 aromatic carbocycles. The number of thioether (sulfide) groups is 1. The number of nitrogens with zero attached hydrogens (tertiary/aromatic N) is 1. The summed E-state index contributed by atoms with van der Waals surface area (Å²) in [6, 6.07) is -0.349. The molecule has 106 valence electrons. The summed E-state index contributed by atoms with van der Waals surface area (Å²) in [7, 11) is 0. The largest absolute Gasteiger partial charge is 0.353 e. The van der Waals surface area contributed by atoms with Crippen LogP contribution in [0, 0.1) is 5.92 Å². The molecule has 0 spiro atoms. The molecule has 0 bridgehead atoms. The van der Waals surface area contributed by atoms with E-state index in [9.17, 15) is 4.79 Å². The van der Waals surface area contributed by atoms with Gasteiger partial charge in [0.15, 0.2) is 0 Å². The van der Waals surface area contributed by atoms with Gasteiger partial charge in [-0.05, 0) is 43.7 Å². The van der Waals surface area contributed by atoms with Crippen molar-refractivity contribution in [1.29, 1.82) is 0 Å². The van der Waals surface area contributed by atoms with Crippen LogP contribution in [-0.2, 0) is 4.79 Å². The second-order valence-corrected chi connectivity index (χ2v) is 6.21. The Bertz CT molecular complexity index is 250. The van der Waals surface area contributed by atoms with Crippen molar-refractivity contribution in [1.82, 2.24) is 10.2 Å². The highest BCUT2D eigenvalue weighted by atomic mass is 32.2.